The van der Waals surface area contributed by atoms with E-state index in [1.807, 2.05) is 42.5 Å². The van der Waals surface area contributed by atoms with E-state index in [4.69, 9.17) is 4.74 Å². The van der Waals surface area contributed by atoms with Crippen LogP contribution >= 0.6 is 0 Å². The first-order valence-electron chi connectivity index (χ1n) is 9.87. The van der Waals surface area contributed by atoms with Gasteiger partial charge in [0.2, 0.25) is 0 Å². The second kappa shape index (κ2) is 8.41. The summed E-state index contributed by atoms with van der Waals surface area (Å²) in [5.74, 6) is 0.661. The number of hydrogen-bond donors (Lipinski definition) is 1. The fourth-order valence-corrected chi connectivity index (χ4v) is 3.89. The molecule has 0 radical (unpaired) electrons. The second-order valence-electron chi connectivity index (χ2n) is 7.21. The highest BCUT2D eigenvalue weighted by Gasteiger charge is 2.43. The lowest BCUT2D eigenvalue weighted by Gasteiger charge is -2.33. The van der Waals surface area contributed by atoms with Crippen LogP contribution in [0.5, 0.6) is 5.75 Å². The van der Waals surface area contributed by atoms with Crippen LogP contribution in [0.4, 0.5) is 4.79 Å². The Kier molecular flexibility index (Phi) is 5.52. The maximum atomic E-state index is 13.3. The van der Waals surface area contributed by atoms with Gasteiger partial charge in [0.1, 0.15) is 5.75 Å². The Labute approximate surface area is 175 Å². The molecule has 7 heteroatoms. The van der Waals surface area contributed by atoms with Crippen molar-refractivity contribution in [1.82, 2.24) is 20.1 Å². The Morgan fingerprint density at radius 2 is 2.03 bits per heavy atom. The van der Waals surface area contributed by atoms with Gasteiger partial charge in [0, 0.05) is 31.4 Å². The average Bonchev–Trinajstić information content (AvgIpc) is 3.11. The minimum Gasteiger partial charge on any atom is -0.497 e. The van der Waals surface area contributed by atoms with Crippen molar-refractivity contribution < 1.29 is 14.3 Å². The van der Waals surface area contributed by atoms with Crippen LogP contribution in [-0.4, -0.2) is 53.5 Å². The number of aromatic nitrogens is 1. The van der Waals surface area contributed by atoms with Crippen molar-refractivity contribution in [3.05, 3.63) is 83.8 Å². The Hall–Kier alpha value is -3.61. The summed E-state index contributed by atoms with van der Waals surface area (Å²) in [6, 6.07) is 12.4. The highest BCUT2D eigenvalue weighted by molar-refractivity contribution is 6.01. The van der Waals surface area contributed by atoms with E-state index in [1.165, 1.54) is 0 Å². The molecule has 1 atom stereocenters. The molecule has 0 bridgehead atoms. The normalized spacial score (nSPS) is 18.4. The zero-order chi connectivity index (χ0) is 21.1. The maximum absolute atomic E-state index is 13.3. The summed E-state index contributed by atoms with van der Waals surface area (Å²) in [7, 11) is 1.60. The summed E-state index contributed by atoms with van der Waals surface area (Å²) in [5.41, 5.74) is 3.13. The molecule has 3 amide bonds. The molecule has 2 aromatic rings. The van der Waals surface area contributed by atoms with Gasteiger partial charge in [-0.2, -0.15) is 0 Å². The quantitative estimate of drug-likeness (QED) is 0.720. The van der Waals surface area contributed by atoms with Gasteiger partial charge in [-0.3, -0.25) is 14.7 Å². The van der Waals surface area contributed by atoms with Crippen molar-refractivity contribution in [2.75, 3.05) is 26.7 Å². The van der Waals surface area contributed by atoms with Crippen LogP contribution in [0.15, 0.2) is 72.6 Å². The lowest BCUT2D eigenvalue weighted by molar-refractivity contribution is -0.125. The number of methoxy groups -OCH3 is 1. The van der Waals surface area contributed by atoms with Crippen molar-refractivity contribution in [2.45, 2.75) is 12.5 Å². The van der Waals surface area contributed by atoms with Gasteiger partial charge < -0.3 is 15.0 Å². The Morgan fingerprint density at radius 1 is 1.23 bits per heavy atom. The SMILES string of the molecule is C=CCN1C(=O)NC(c2ccc(OC)cc2)C2=C1CN(CCc1ccccn1)C2=O. The molecule has 0 aliphatic carbocycles. The first-order valence-corrected chi connectivity index (χ1v) is 9.87. The van der Waals surface area contributed by atoms with E-state index in [-0.39, 0.29) is 11.9 Å². The van der Waals surface area contributed by atoms with E-state index in [1.54, 1.807) is 29.2 Å². The van der Waals surface area contributed by atoms with E-state index < -0.39 is 6.04 Å². The van der Waals surface area contributed by atoms with Crippen molar-refractivity contribution in [2.24, 2.45) is 0 Å². The van der Waals surface area contributed by atoms with Crippen LogP contribution in [0.25, 0.3) is 0 Å². The highest BCUT2D eigenvalue weighted by atomic mass is 16.5. The average molecular weight is 404 g/mol. The first-order chi connectivity index (χ1) is 14.6. The molecule has 1 aromatic carbocycles. The van der Waals surface area contributed by atoms with Crippen LogP contribution in [0, 0.1) is 0 Å². The number of carbonyl (C=O) groups excluding carboxylic acids is 2. The lowest BCUT2D eigenvalue weighted by atomic mass is 9.95. The number of ether oxygens (including phenoxy) is 1. The van der Waals surface area contributed by atoms with Crippen LogP contribution in [0.3, 0.4) is 0 Å². The number of amides is 3. The number of nitrogens with one attached hydrogen (secondary N) is 1. The van der Waals surface area contributed by atoms with Crippen molar-refractivity contribution in [3.8, 4) is 5.75 Å². The molecule has 1 N–H and O–H groups in total. The van der Waals surface area contributed by atoms with Gasteiger partial charge >= 0.3 is 6.03 Å². The molecular formula is C23H24N4O3. The van der Waals surface area contributed by atoms with Crippen molar-refractivity contribution in [1.29, 1.82) is 0 Å². The molecule has 4 rings (SSSR count). The maximum Gasteiger partial charge on any atom is 0.322 e. The van der Waals surface area contributed by atoms with Crippen molar-refractivity contribution >= 4 is 11.9 Å². The van der Waals surface area contributed by atoms with Crippen LogP contribution in [0.2, 0.25) is 0 Å². The van der Waals surface area contributed by atoms with Gasteiger partial charge in [-0.25, -0.2) is 4.79 Å². The largest absolute Gasteiger partial charge is 0.497 e. The molecule has 0 fully saturated rings. The number of benzene rings is 1. The molecular weight excluding hydrogens is 380 g/mol. The van der Waals surface area contributed by atoms with E-state index in [0.717, 1.165) is 22.7 Å². The second-order valence-corrected chi connectivity index (χ2v) is 7.21. The standard InChI is InChI=1S/C23H24N4O3/c1-3-13-27-19-15-26(14-11-17-6-4-5-12-24-17)22(28)20(19)21(25-23(27)29)16-7-9-18(30-2)10-8-16/h3-10,12,21H,1,11,13-15H2,2H3,(H,25,29). The molecule has 7 nitrogen and oxygen atoms in total. The fraction of sp³-hybridized carbons (Fsp3) is 0.261. The summed E-state index contributed by atoms with van der Waals surface area (Å²) >= 11 is 0. The van der Waals surface area contributed by atoms with Gasteiger partial charge in [-0.05, 0) is 29.8 Å². The van der Waals surface area contributed by atoms with Gasteiger partial charge in [-0.1, -0.05) is 24.3 Å². The van der Waals surface area contributed by atoms with Gasteiger partial charge in [0.15, 0.2) is 0 Å². The summed E-state index contributed by atoms with van der Waals surface area (Å²) in [5, 5.41) is 2.98. The number of pyridine rings is 1. The number of hydrogen-bond acceptors (Lipinski definition) is 4. The molecule has 2 aliphatic heterocycles. The topological polar surface area (TPSA) is 74.8 Å². The zero-order valence-electron chi connectivity index (χ0n) is 16.9. The summed E-state index contributed by atoms with van der Waals surface area (Å²) in [6.07, 6.45) is 4.07. The van der Waals surface area contributed by atoms with Crippen molar-refractivity contribution in [3.63, 3.8) is 0 Å². The van der Waals surface area contributed by atoms with Crippen LogP contribution < -0.4 is 10.1 Å². The zero-order valence-corrected chi connectivity index (χ0v) is 16.9. The van der Waals surface area contributed by atoms with E-state index in [2.05, 4.69) is 16.9 Å². The number of rotatable bonds is 7. The van der Waals surface area contributed by atoms with Gasteiger partial charge in [0.05, 0.1) is 31.0 Å². The molecule has 154 valence electrons. The minimum atomic E-state index is -0.494. The predicted molar refractivity (Wildman–Crippen MR) is 113 cm³/mol. The Balaban J connectivity index is 1.62. The number of urea groups is 1. The Bertz CT molecular complexity index is 985. The van der Waals surface area contributed by atoms with E-state index in [0.29, 0.717) is 31.6 Å². The molecule has 1 unspecified atom stereocenters. The highest BCUT2D eigenvalue weighted by Crippen LogP contribution is 2.36. The number of carbonyl (C=O) groups is 2. The fourth-order valence-electron chi connectivity index (χ4n) is 3.89. The number of nitrogens with zero attached hydrogens (tertiary/aromatic N) is 3. The lowest BCUT2D eigenvalue weighted by Crippen LogP contribution is -2.47. The summed E-state index contributed by atoms with van der Waals surface area (Å²) < 4.78 is 5.23. The Morgan fingerprint density at radius 3 is 2.70 bits per heavy atom. The molecule has 3 heterocycles. The third-order valence-corrected chi connectivity index (χ3v) is 5.42. The van der Waals surface area contributed by atoms with E-state index in [9.17, 15) is 9.59 Å². The molecule has 30 heavy (non-hydrogen) atoms. The predicted octanol–water partition coefficient (Wildman–Crippen LogP) is 2.68. The third-order valence-electron chi connectivity index (χ3n) is 5.42. The molecule has 2 aliphatic rings. The monoisotopic (exact) mass is 404 g/mol. The third kappa shape index (κ3) is 3.66. The van der Waals surface area contributed by atoms with Crippen LogP contribution in [-0.2, 0) is 11.2 Å². The summed E-state index contributed by atoms with van der Waals surface area (Å²) in [4.78, 5) is 33.9. The molecule has 0 saturated heterocycles. The molecule has 0 saturated carbocycles. The summed E-state index contributed by atoms with van der Waals surface area (Å²) in [6.45, 7) is 5.03. The molecule has 1 aromatic heterocycles. The smallest absolute Gasteiger partial charge is 0.322 e. The van der Waals surface area contributed by atoms with Crippen LogP contribution in [0.1, 0.15) is 17.3 Å². The van der Waals surface area contributed by atoms with E-state index >= 15 is 0 Å². The van der Waals surface area contributed by atoms with Gasteiger partial charge in [0.25, 0.3) is 5.91 Å². The molecule has 0 spiro atoms. The first kappa shape index (κ1) is 19.7. The minimum absolute atomic E-state index is 0.0594. The van der Waals surface area contributed by atoms with Gasteiger partial charge in [-0.15, -0.1) is 6.58 Å².